The van der Waals surface area contributed by atoms with Gasteiger partial charge in [-0.2, -0.15) is 0 Å². The molecular formula is C32H31BrClN3O4S. The van der Waals surface area contributed by atoms with E-state index in [2.05, 4.69) is 21.2 Å². The number of carbonyl (C=O) groups is 2. The molecule has 4 aromatic rings. The molecule has 0 fully saturated rings. The number of para-hydroxylation sites is 1. The largest absolute Gasteiger partial charge is 0.355 e. The fraction of sp³-hybridized carbons (Fsp3) is 0.188. The van der Waals surface area contributed by atoms with E-state index in [4.69, 9.17) is 11.6 Å². The molecule has 0 aromatic heterocycles. The van der Waals surface area contributed by atoms with Crippen molar-refractivity contribution in [2.24, 2.45) is 0 Å². The van der Waals surface area contributed by atoms with Crippen molar-refractivity contribution in [2.75, 3.05) is 17.4 Å². The van der Waals surface area contributed by atoms with Gasteiger partial charge in [0.05, 0.1) is 10.6 Å². The predicted octanol–water partition coefficient (Wildman–Crippen LogP) is 6.07. The lowest BCUT2D eigenvalue weighted by molar-refractivity contribution is -0.140. The molecule has 4 rings (SSSR count). The summed E-state index contributed by atoms with van der Waals surface area (Å²) in [5.74, 6) is -0.842. The molecule has 10 heteroatoms. The fourth-order valence-corrected chi connectivity index (χ4v) is 6.29. The average Bonchev–Trinajstić information content (AvgIpc) is 2.99. The van der Waals surface area contributed by atoms with E-state index in [1.165, 1.54) is 29.2 Å². The molecule has 0 saturated carbocycles. The standard InChI is InChI=1S/C32H31BrClN3O4S/c1-2-35-32(39)30(21-24-9-5-3-6-10-24)36(22-25-13-15-26(33)16-14-25)31(38)23-37(28-11-7-4-8-12-28)42(40,41)29-19-17-27(34)18-20-29/h3-20,30H,2,21-23H2,1H3,(H,35,39)/t30-/m0/s1. The number of hydrogen-bond acceptors (Lipinski definition) is 4. The normalized spacial score (nSPS) is 11.9. The highest BCUT2D eigenvalue weighted by Crippen LogP contribution is 2.26. The van der Waals surface area contributed by atoms with Crippen molar-refractivity contribution < 1.29 is 18.0 Å². The molecule has 42 heavy (non-hydrogen) atoms. The van der Waals surface area contributed by atoms with Gasteiger partial charge in [-0.15, -0.1) is 0 Å². The topological polar surface area (TPSA) is 86.8 Å². The van der Waals surface area contributed by atoms with Crippen LogP contribution in [0.5, 0.6) is 0 Å². The molecule has 0 aliphatic rings. The van der Waals surface area contributed by atoms with Crippen LogP contribution in [-0.2, 0) is 32.6 Å². The van der Waals surface area contributed by atoms with E-state index >= 15 is 0 Å². The van der Waals surface area contributed by atoms with Gasteiger partial charge in [0.15, 0.2) is 0 Å². The van der Waals surface area contributed by atoms with Crippen LogP contribution in [-0.4, -0.2) is 44.3 Å². The van der Waals surface area contributed by atoms with Gasteiger partial charge < -0.3 is 10.2 Å². The lowest BCUT2D eigenvalue weighted by atomic mass is 10.0. The second-order valence-corrected chi connectivity index (χ2v) is 12.8. The van der Waals surface area contributed by atoms with Gasteiger partial charge in [0, 0.05) is 29.0 Å². The van der Waals surface area contributed by atoms with Gasteiger partial charge in [-0.3, -0.25) is 13.9 Å². The van der Waals surface area contributed by atoms with Crippen LogP contribution < -0.4 is 9.62 Å². The summed E-state index contributed by atoms with van der Waals surface area (Å²) in [6.07, 6.45) is 0.254. The van der Waals surface area contributed by atoms with Crippen LogP contribution >= 0.6 is 27.5 Å². The van der Waals surface area contributed by atoms with Crippen LogP contribution in [0.4, 0.5) is 5.69 Å². The first-order chi connectivity index (χ1) is 20.2. The molecule has 0 aliphatic heterocycles. The molecule has 1 atom stereocenters. The minimum absolute atomic E-state index is 0.00688. The Morgan fingerprint density at radius 2 is 1.43 bits per heavy atom. The Balaban J connectivity index is 1.77. The lowest BCUT2D eigenvalue weighted by Crippen LogP contribution is -2.53. The number of sulfonamides is 1. The first kappa shape index (κ1) is 31.3. The molecule has 7 nitrogen and oxygen atoms in total. The number of nitrogens with zero attached hydrogens (tertiary/aromatic N) is 2. The number of carbonyl (C=O) groups excluding carboxylic acids is 2. The maximum Gasteiger partial charge on any atom is 0.264 e. The van der Waals surface area contributed by atoms with Crippen LogP contribution in [0.3, 0.4) is 0 Å². The number of halogens is 2. The maximum absolute atomic E-state index is 14.3. The Morgan fingerprint density at radius 3 is 2.02 bits per heavy atom. The Bertz CT molecular complexity index is 1590. The first-order valence-electron chi connectivity index (χ1n) is 13.4. The van der Waals surface area contributed by atoms with Crippen molar-refractivity contribution in [2.45, 2.75) is 30.8 Å². The highest BCUT2D eigenvalue weighted by Gasteiger charge is 2.34. The number of anilines is 1. The minimum Gasteiger partial charge on any atom is -0.355 e. The first-order valence-corrected chi connectivity index (χ1v) is 16.0. The van der Waals surface area contributed by atoms with Gasteiger partial charge >= 0.3 is 0 Å². The Labute approximate surface area is 260 Å². The molecule has 0 unspecified atom stereocenters. The van der Waals surface area contributed by atoms with Crippen LogP contribution in [0.15, 0.2) is 119 Å². The van der Waals surface area contributed by atoms with E-state index in [9.17, 15) is 18.0 Å². The number of nitrogens with one attached hydrogen (secondary N) is 1. The highest BCUT2D eigenvalue weighted by atomic mass is 79.9. The van der Waals surface area contributed by atoms with Gasteiger partial charge in [0.1, 0.15) is 12.6 Å². The van der Waals surface area contributed by atoms with Crippen LogP contribution in [0, 0.1) is 0 Å². The second-order valence-electron chi connectivity index (χ2n) is 9.55. The monoisotopic (exact) mass is 667 g/mol. The molecule has 0 spiro atoms. The van der Waals surface area contributed by atoms with Gasteiger partial charge in [-0.25, -0.2) is 8.42 Å². The Kier molecular flexibility index (Phi) is 10.8. The third-order valence-electron chi connectivity index (χ3n) is 6.61. The van der Waals surface area contributed by atoms with Gasteiger partial charge in [-0.05, 0) is 66.6 Å². The van der Waals surface area contributed by atoms with Crippen molar-refractivity contribution in [1.82, 2.24) is 10.2 Å². The van der Waals surface area contributed by atoms with Gasteiger partial charge in [0.2, 0.25) is 11.8 Å². The molecule has 4 aromatic carbocycles. The second kappa shape index (κ2) is 14.5. The van der Waals surface area contributed by atoms with E-state index in [1.54, 1.807) is 30.3 Å². The highest BCUT2D eigenvalue weighted by molar-refractivity contribution is 9.10. The predicted molar refractivity (Wildman–Crippen MR) is 170 cm³/mol. The molecule has 218 valence electrons. The summed E-state index contributed by atoms with van der Waals surface area (Å²) >= 11 is 9.46. The van der Waals surface area contributed by atoms with E-state index in [-0.39, 0.29) is 23.8 Å². The van der Waals surface area contributed by atoms with Crippen molar-refractivity contribution in [3.05, 3.63) is 130 Å². The zero-order chi connectivity index (χ0) is 30.1. The molecule has 0 bridgehead atoms. The SMILES string of the molecule is CCNC(=O)[C@H](Cc1ccccc1)N(Cc1ccc(Br)cc1)C(=O)CN(c1ccccc1)S(=O)(=O)c1ccc(Cl)cc1. The summed E-state index contributed by atoms with van der Waals surface area (Å²) in [4.78, 5) is 29.2. The van der Waals surface area contributed by atoms with Crippen LogP contribution in [0.2, 0.25) is 5.02 Å². The molecular weight excluding hydrogens is 638 g/mol. The number of hydrogen-bond donors (Lipinski definition) is 1. The maximum atomic E-state index is 14.3. The summed E-state index contributed by atoms with van der Waals surface area (Å²) in [6, 6.07) is 30.2. The van der Waals surface area contributed by atoms with Gasteiger partial charge in [-0.1, -0.05) is 88.2 Å². The number of benzene rings is 4. The average molecular weight is 669 g/mol. The van der Waals surface area contributed by atoms with Crippen molar-refractivity contribution >= 4 is 55.1 Å². The fourth-order valence-electron chi connectivity index (χ4n) is 4.49. The van der Waals surface area contributed by atoms with Crippen molar-refractivity contribution in [1.29, 1.82) is 0 Å². The van der Waals surface area contributed by atoms with E-state index in [1.807, 2.05) is 61.5 Å². The molecule has 0 aliphatic carbocycles. The number of likely N-dealkylation sites (N-methyl/N-ethyl adjacent to an activating group) is 1. The molecule has 0 radical (unpaired) electrons. The lowest BCUT2D eigenvalue weighted by Gasteiger charge is -2.33. The van der Waals surface area contributed by atoms with Crippen LogP contribution in [0.1, 0.15) is 18.1 Å². The summed E-state index contributed by atoms with van der Waals surface area (Å²) in [6.45, 7) is 1.78. The smallest absolute Gasteiger partial charge is 0.264 e. The Morgan fingerprint density at radius 1 is 0.833 bits per heavy atom. The molecule has 0 heterocycles. The summed E-state index contributed by atoms with van der Waals surface area (Å²) in [5, 5.41) is 3.25. The third kappa shape index (κ3) is 8.00. The van der Waals surface area contributed by atoms with E-state index in [0.29, 0.717) is 17.3 Å². The van der Waals surface area contributed by atoms with E-state index < -0.39 is 28.5 Å². The molecule has 2 amide bonds. The quantitative estimate of drug-likeness (QED) is 0.199. The van der Waals surface area contributed by atoms with Crippen LogP contribution in [0.25, 0.3) is 0 Å². The van der Waals surface area contributed by atoms with E-state index in [0.717, 1.165) is 19.9 Å². The summed E-state index contributed by atoms with van der Waals surface area (Å²) < 4.78 is 29.8. The summed E-state index contributed by atoms with van der Waals surface area (Å²) in [7, 11) is -4.17. The third-order valence-corrected chi connectivity index (χ3v) is 9.18. The zero-order valence-corrected chi connectivity index (χ0v) is 26.1. The minimum atomic E-state index is -4.17. The van der Waals surface area contributed by atoms with Gasteiger partial charge in [0.25, 0.3) is 10.0 Å². The van der Waals surface area contributed by atoms with Crippen molar-refractivity contribution in [3.63, 3.8) is 0 Å². The molecule has 1 N–H and O–H groups in total. The zero-order valence-electron chi connectivity index (χ0n) is 23.0. The Hall–Kier alpha value is -3.66. The summed E-state index contributed by atoms with van der Waals surface area (Å²) in [5.41, 5.74) is 1.99. The number of amides is 2. The number of rotatable bonds is 12. The molecule has 0 saturated heterocycles. The van der Waals surface area contributed by atoms with Crippen molar-refractivity contribution in [3.8, 4) is 0 Å².